The minimum atomic E-state index is -1.02. The van der Waals surface area contributed by atoms with Crippen LogP contribution in [0.15, 0.2) is 41.2 Å². The minimum Gasteiger partial charge on any atom is -0.490 e. The smallest absolute Gasteiger partial charge is 0.287 e. The molecule has 1 aliphatic rings. The molecule has 0 spiro atoms. The fourth-order valence-corrected chi connectivity index (χ4v) is 4.54. The summed E-state index contributed by atoms with van der Waals surface area (Å²) in [6.07, 6.45) is 3.08. The molecule has 1 aliphatic carbocycles. The highest BCUT2D eigenvalue weighted by Gasteiger charge is 2.32. The van der Waals surface area contributed by atoms with Gasteiger partial charge in [0.05, 0.1) is 24.3 Å². The summed E-state index contributed by atoms with van der Waals surface area (Å²) >= 11 is 5.95. The number of carbonyl (C=O) groups excluding carboxylic acids is 1. The topological polar surface area (TPSA) is 125 Å². The number of hydrogen-bond acceptors (Lipinski definition) is 6. The molecule has 0 saturated heterocycles. The first-order valence-electron chi connectivity index (χ1n) is 11.5. The second kappa shape index (κ2) is 10.7. The van der Waals surface area contributed by atoms with Gasteiger partial charge in [-0.05, 0) is 67.9 Å². The Balaban J connectivity index is 1.44. The molecule has 0 bridgehead atoms. The van der Waals surface area contributed by atoms with Gasteiger partial charge in [-0.1, -0.05) is 23.7 Å². The van der Waals surface area contributed by atoms with Crippen LogP contribution in [0.4, 0.5) is 4.39 Å². The lowest BCUT2D eigenvalue weighted by Gasteiger charge is -2.34. The quantitative estimate of drug-likeness (QED) is 0.374. The molecule has 0 radical (unpaired) electrons. The molecule has 4 N–H and O–H groups in total. The van der Waals surface area contributed by atoms with Crippen LogP contribution in [0.1, 0.15) is 48.3 Å². The Bertz CT molecular complexity index is 1270. The SMILES string of the molecule is O=C(NCc1cccc(Cl)c1)c1nc2ccc(F)c(OCCC3CCC(O)(CO)CC3)c2c(=O)[nH]1. The molecule has 1 fully saturated rings. The maximum Gasteiger partial charge on any atom is 0.287 e. The van der Waals surface area contributed by atoms with E-state index in [4.69, 9.17) is 16.3 Å². The van der Waals surface area contributed by atoms with Crippen LogP contribution >= 0.6 is 11.6 Å². The van der Waals surface area contributed by atoms with Crippen molar-refractivity contribution in [1.29, 1.82) is 0 Å². The summed E-state index contributed by atoms with van der Waals surface area (Å²) in [5, 5.41) is 22.6. The van der Waals surface area contributed by atoms with Crippen LogP contribution in [0.25, 0.3) is 10.9 Å². The lowest BCUT2D eigenvalue weighted by molar-refractivity contribution is -0.0531. The fraction of sp³-hybridized carbons (Fsp3) is 0.400. The van der Waals surface area contributed by atoms with Crippen LogP contribution < -0.4 is 15.6 Å². The zero-order chi connectivity index (χ0) is 25.0. The van der Waals surface area contributed by atoms with Crippen molar-refractivity contribution in [3.8, 4) is 5.75 Å². The van der Waals surface area contributed by atoms with Crippen molar-refractivity contribution >= 4 is 28.4 Å². The van der Waals surface area contributed by atoms with E-state index in [1.165, 1.54) is 6.07 Å². The summed E-state index contributed by atoms with van der Waals surface area (Å²) < 4.78 is 20.2. The Morgan fingerprint density at radius 2 is 2.06 bits per heavy atom. The van der Waals surface area contributed by atoms with E-state index in [1.807, 2.05) is 0 Å². The molecule has 1 heterocycles. The molecule has 2 aromatic carbocycles. The number of aliphatic hydroxyl groups is 2. The van der Waals surface area contributed by atoms with Crippen molar-refractivity contribution in [2.45, 2.75) is 44.2 Å². The van der Waals surface area contributed by atoms with Crippen molar-refractivity contribution < 1.29 is 24.1 Å². The van der Waals surface area contributed by atoms with Gasteiger partial charge in [0.15, 0.2) is 17.4 Å². The first kappa shape index (κ1) is 25.1. The van der Waals surface area contributed by atoms with Gasteiger partial charge in [-0.3, -0.25) is 9.59 Å². The average Bonchev–Trinajstić information content (AvgIpc) is 2.85. The lowest BCUT2D eigenvalue weighted by atomic mass is 9.78. The number of ether oxygens (including phenoxy) is 1. The Labute approximate surface area is 206 Å². The molecule has 1 amide bonds. The number of aromatic nitrogens is 2. The molecule has 186 valence electrons. The summed E-state index contributed by atoms with van der Waals surface area (Å²) in [4.78, 5) is 31.9. The molecule has 35 heavy (non-hydrogen) atoms. The number of benzene rings is 2. The number of aliphatic hydroxyl groups excluding tert-OH is 1. The predicted octanol–water partition coefficient (Wildman–Crippen LogP) is 3.33. The molecular formula is C25H27ClFN3O5. The van der Waals surface area contributed by atoms with Gasteiger partial charge in [0.1, 0.15) is 5.39 Å². The fourth-order valence-electron chi connectivity index (χ4n) is 4.33. The van der Waals surface area contributed by atoms with Gasteiger partial charge in [0.2, 0.25) is 0 Å². The summed E-state index contributed by atoms with van der Waals surface area (Å²) in [6.45, 7) is 0.114. The molecule has 1 saturated carbocycles. The highest BCUT2D eigenvalue weighted by molar-refractivity contribution is 6.30. The number of fused-ring (bicyclic) bond motifs is 1. The number of hydrogen-bond donors (Lipinski definition) is 4. The Morgan fingerprint density at radius 1 is 1.29 bits per heavy atom. The minimum absolute atomic E-state index is 0.0605. The normalized spacial score (nSPS) is 20.1. The highest BCUT2D eigenvalue weighted by Crippen LogP contribution is 2.34. The van der Waals surface area contributed by atoms with E-state index in [0.717, 1.165) is 24.5 Å². The van der Waals surface area contributed by atoms with E-state index >= 15 is 0 Å². The van der Waals surface area contributed by atoms with Crippen molar-refractivity contribution in [3.63, 3.8) is 0 Å². The standard InChI is InChI=1S/C25H27ClFN3O5/c26-17-3-1-2-16(12-17)13-28-24(33)22-29-19-5-4-18(27)21(20(19)23(32)30-22)35-11-8-15-6-9-25(34,14-31)10-7-15/h1-5,12,15,31,34H,6-11,13-14H2,(H,28,33)(H,29,30,32). The van der Waals surface area contributed by atoms with E-state index in [1.54, 1.807) is 24.3 Å². The molecule has 1 aromatic heterocycles. The van der Waals surface area contributed by atoms with Gasteiger partial charge in [0, 0.05) is 11.6 Å². The first-order valence-corrected chi connectivity index (χ1v) is 11.9. The third-order valence-electron chi connectivity index (χ3n) is 6.44. The molecule has 8 nitrogen and oxygen atoms in total. The Kier molecular flexibility index (Phi) is 7.69. The van der Waals surface area contributed by atoms with Crippen molar-refractivity contribution in [1.82, 2.24) is 15.3 Å². The predicted molar refractivity (Wildman–Crippen MR) is 129 cm³/mol. The first-order chi connectivity index (χ1) is 16.8. The number of carbonyl (C=O) groups is 1. The van der Waals surface area contributed by atoms with Crippen LogP contribution in [0.5, 0.6) is 5.75 Å². The van der Waals surface area contributed by atoms with E-state index in [9.17, 15) is 24.2 Å². The number of halogens is 2. The second-order valence-corrected chi connectivity index (χ2v) is 9.40. The average molecular weight is 504 g/mol. The summed E-state index contributed by atoms with van der Waals surface area (Å²) in [5.41, 5.74) is -0.770. The number of H-pyrrole nitrogens is 1. The maximum absolute atomic E-state index is 14.6. The van der Waals surface area contributed by atoms with Crippen LogP contribution in [-0.2, 0) is 6.54 Å². The van der Waals surface area contributed by atoms with Crippen molar-refractivity contribution in [2.75, 3.05) is 13.2 Å². The summed E-state index contributed by atoms with van der Waals surface area (Å²) in [7, 11) is 0. The van der Waals surface area contributed by atoms with Gasteiger partial charge in [-0.15, -0.1) is 0 Å². The van der Waals surface area contributed by atoms with Gasteiger partial charge in [0.25, 0.3) is 11.5 Å². The van der Waals surface area contributed by atoms with E-state index < -0.39 is 22.9 Å². The largest absolute Gasteiger partial charge is 0.490 e. The molecule has 0 atom stereocenters. The van der Waals surface area contributed by atoms with Crippen LogP contribution in [0.3, 0.4) is 0 Å². The van der Waals surface area contributed by atoms with E-state index in [2.05, 4.69) is 15.3 Å². The third kappa shape index (κ3) is 5.98. The Morgan fingerprint density at radius 3 is 2.77 bits per heavy atom. The van der Waals surface area contributed by atoms with Crippen LogP contribution in [0.2, 0.25) is 5.02 Å². The molecule has 3 aromatic rings. The number of nitrogens with one attached hydrogen (secondary N) is 2. The van der Waals surface area contributed by atoms with E-state index in [0.29, 0.717) is 24.3 Å². The monoisotopic (exact) mass is 503 g/mol. The zero-order valence-electron chi connectivity index (χ0n) is 19.0. The number of aromatic amines is 1. The Hall–Kier alpha value is -3.01. The maximum atomic E-state index is 14.6. The third-order valence-corrected chi connectivity index (χ3v) is 6.67. The molecule has 10 heteroatoms. The summed E-state index contributed by atoms with van der Waals surface area (Å²) in [5.74, 6) is -1.41. The molecule has 0 unspecified atom stereocenters. The number of rotatable bonds is 8. The zero-order valence-corrected chi connectivity index (χ0v) is 19.8. The number of amides is 1. The molecule has 4 rings (SSSR count). The second-order valence-electron chi connectivity index (χ2n) is 8.96. The number of nitrogens with zero attached hydrogens (tertiary/aromatic N) is 1. The van der Waals surface area contributed by atoms with Crippen molar-refractivity contribution in [3.05, 3.63) is 69.0 Å². The lowest BCUT2D eigenvalue weighted by Crippen LogP contribution is -2.37. The van der Waals surface area contributed by atoms with Gasteiger partial charge < -0.3 is 25.3 Å². The molecule has 0 aliphatic heterocycles. The van der Waals surface area contributed by atoms with Gasteiger partial charge in [-0.25, -0.2) is 9.37 Å². The van der Waals surface area contributed by atoms with Gasteiger partial charge in [-0.2, -0.15) is 0 Å². The van der Waals surface area contributed by atoms with Crippen LogP contribution in [0, 0.1) is 11.7 Å². The highest BCUT2D eigenvalue weighted by atomic mass is 35.5. The van der Waals surface area contributed by atoms with Gasteiger partial charge >= 0.3 is 0 Å². The van der Waals surface area contributed by atoms with E-state index in [-0.39, 0.29) is 48.2 Å². The summed E-state index contributed by atoms with van der Waals surface area (Å²) in [6, 6.07) is 9.48. The van der Waals surface area contributed by atoms with Crippen LogP contribution in [-0.4, -0.2) is 44.9 Å². The molecular weight excluding hydrogens is 477 g/mol. The van der Waals surface area contributed by atoms with Crippen molar-refractivity contribution in [2.24, 2.45) is 5.92 Å².